The van der Waals surface area contributed by atoms with Gasteiger partial charge in [-0.25, -0.2) is 4.79 Å². The van der Waals surface area contributed by atoms with Crippen LogP contribution in [0.4, 0.5) is 11.4 Å². The number of benzene rings is 3. The summed E-state index contributed by atoms with van der Waals surface area (Å²) in [6.45, 7) is 1.27. The number of halogens is 2. The smallest absolute Gasteiger partial charge is 0.346 e. The van der Waals surface area contributed by atoms with Crippen molar-refractivity contribution in [2.24, 2.45) is 0 Å². The second-order valence-corrected chi connectivity index (χ2v) is 10.3. The lowest BCUT2D eigenvalue weighted by atomic mass is 10.1. The number of carbonyl (C=O) groups is 3. The Morgan fingerprint density at radius 1 is 0.905 bits per heavy atom. The van der Waals surface area contributed by atoms with Gasteiger partial charge in [0.05, 0.1) is 41.2 Å². The zero-order chi connectivity index (χ0) is 30.1. The van der Waals surface area contributed by atoms with E-state index < -0.39 is 23.9 Å². The van der Waals surface area contributed by atoms with Crippen LogP contribution in [0.15, 0.2) is 60.7 Å². The number of nitrogens with zero attached hydrogens (tertiary/aromatic N) is 1. The molecule has 0 aliphatic carbocycles. The number of para-hydroxylation sites is 2. The largest absolute Gasteiger partial charge is 0.494 e. The molecule has 3 aromatic rings. The van der Waals surface area contributed by atoms with Crippen molar-refractivity contribution in [3.05, 3.63) is 76.3 Å². The molecule has 0 spiro atoms. The van der Waals surface area contributed by atoms with E-state index in [9.17, 15) is 19.5 Å². The number of unbranched alkanes of at least 4 members (excludes halogenated alkanes) is 1. The Labute approximate surface area is 252 Å². The molecule has 0 aromatic heterocycles. The SMILES string of the molecule is O=C(O)CCCN1CC(C(=O)O)Oc2c(NC(=O)c3ccc(OCCCCOc4c(Cl)cccc4Cl)cc3)cccc21. The highest BCUT2D eigenvalue weighted by molar-refractivity contribution is 6.37. The fourth-order valence-electron chi connectivity index (χ4n) is 4.32. The van der Waals surface area contributed by atoms with E-state index in [0.29, 0.717) is 64.7 Å². The number of ether oxygens (including phenoxy) is 3. The van der Waals surface area contributed by atoms with Crippen molar-refractivity contribution in [2.45, 2.75) is 31.8 Å². The fourth-order valence-corrected chi connectivity index (χ4v) is 4.83. The summed E-state index contributed by atoms with van der Waals surface area (Å²) in [6.07, 6.45) is 0.571. The highest BCUT2D eigenvalue weighted by atomic mass is 35.5. The molecule has 0 saturated carbocycles. The average Bonchev–Trinajstić information content (AvgIpc) is 2.96. The van der Waals surface area contributed by atoms with Crippen LogP contribution >= 0.6 is 23.2 Å². The normalized spacial score (nSPS) is 14.0. The van der Waals surface area contributed by atoms with Gasteiger partial charge in [0.2, 0.25) is 6.10 Å². The number of anilines is 2. The highest BCUT2D eigenvalue weighted by Gasteiger charge is 2.32. The minimum Gasteiger partial charge on any atom is -0.494 e. The van der Waals surface area contributed by atoms with Crippen LogP contribution in [0.3, 0.4) is 0 Å². The van der Waals surface area contributed by atoms with Crippen LogP contribution in [-0.4, -0.2) is 60.5 Å². The molecule has 0 fully saturated rings. The summed E-state index contributed by atoms with van der Waals surface area (Å²) in [5.41, 5.74) is 1.26. The van der Waals surface area contributed by atoms with E-state index in [1.807, 2.05) is 0 Å². The number of carbonyl (C=O) groups excluding carboxylic acids is 1. The van der Waals surface area contributed by atoms with Gasteiger partial charge in [0.1, 0.15) is 5.75 Å². The Bertz CT molecular complexity index is 1400. The van der Waals surface area contributed by atoms with Crippen LogP contribution in [0.1, 0.15) is 36.0 Å². The number of carboxylic acid groups (broad SMARTS) is 2. The third-order valence-corrected chi connectivity index (χ3v) is 7.01. The lowest BCUT2D eigenvalue weighted by Gasteiger charge is -2.35. The highest BCUT2D eigenvalue weighted by Crippen LogP contribution is 2.40. The van der Waals surface area contributed by atoms with E-state index in [0.717, 1.165) is 12.8 Å². The number of rotatable bonds is 14. The number of amides is 1. The number of aliphatic carboxylic acids is 2. The summed E-state index contributed by atoms with van der Waals surface area (Å²) >= 11 is 12.2. The predicted octanol–water partition coefficient (Wildman–Crippen LogP) is 6.00. The monoisotopic (exact) mass is 616 g/mol. The molecule has 42 heavy (non-hydrogen) atoms. The van der Waals surface area contributed by atoms with Crippen LogP contribution in [0.5, 0.6) is 17.2 Å². The minimum atomic E-state index is -1.17. The lowest BCUT2D eigenvalue weighted by molar-refractivity contribution is -0.145. The molecular formula is C30H30Cl2N2O8. The van der Waals surface area contributed by atoms with Crippen molar-refractivity contribution in [1.29, 1.82) is 0 Å². The quantitative estimate of drug-likeness (QED) is 0.186. The maximum Gasteiger partial charge on any atom is 0.346 e. The van der Waals surface area contributed by atoms with E-state index in [-0.39, 0.29) is 18.7 Å². The Kier molecular flexibility index (Phi) is 10.7. The second kappa shape index (κ2) is 14.7. The first kappa shape index (κ1) is 30.8. The maximum atomic E-state index is 13.0. The van der Waals surface area contributed by atoms with Gasteiger partial charge >= 0.3 is 11.9 Å². The van der Waals surface area contributed by atoms with Gasteiger partial charge in [-0.15, -0.1) is 0 Å². The van der Waals surface area contributed by atoms with Gasteiger partial charge in [0.25, 0.3) is 5.91 Å². The Morgan fingerprint density at radius 3 is 2.24 bits per heavy atom. The first-order valence-corrected chi connectivity index (χ1v) is 14.1. The van der Waals surface area contributed by atoms with Crippen molar-refractivity contribution in [1.82, 2.24) is 0 Å². The summed E-state index contributed by atoms with van der Waals surface area (Å²) in [6, 6.07) is 16.9. The number of fused-ring (bicyclic) bond motifs is 1. The molecule has 1 unspecified atom stereocenters. The molecule has 3 aromatic carbocycles. The third kappa shape index (κ3) is 8.20. The lowest BCUT2D eigenvalue weighted by Crippen LogP contribution is -2.45. The van der Waals surface area contributed by atoms with Gasteiger partial charge in [0, 0.05) is 18.5 Å². The standard InChI is InChI=1S/C30H30Cl2N2O8/c31-21-6-3-7-22(32)27(21)41-17-2-1-16-40-20-13-11-19(12-14-20)29(37)33-23-8-4-9-24-28(23)42-25(30(38)39)18-34(24)15-5-10-26(35)36/h3-4,6-9,11-14,25H,1-2,5,10,15-18H2,(H,33,37)(H,35,36)(H,38,39). The summed E-state index contributed by atoms with van der Waals surface area (Å²) < 4.78 is 17.2. The summed E-state index contributed by atoms with van der Waals surface area (Å²) in [4.78, 5) is 37.4. The average molecular weight is 617 g/mol. The van der Waals surface area contributed by atoms with Gasteiger partial charge in [-0.05, 0) is 67.8 Å². The van der Waals surface area contributed by atoms with E-state index in [4.69, 9.17) is 42.5 Å². The van der Waals surface area contributed by atoms with Gasteiger partial charge in [0.15, 0.2) is 11.5 Å². The molecule has 1 heterocycles. The molecule has 222 valence electrons. The van der Waals surface area contributed by atoms with Gasteiger partial charge in [-0.2, -0.15) is 0 Å². The van der Waals surface area contributed by atoms with E-state index in [1.165, 1.54) is 0 Å². The first-order chi connectivity index (χ1) is 20.2. The van der Waals surface area contributed by atoms with Gasteiger partial charge in [-0.1, -0.05) is 35.3 Å². The predicted molar refractivity (Wildman–Crippen MR) is 159 cm³/mol. The first-order valence-electron chi connectivity index (χ1n) is 13.3. The van der Waals surface area contributed by atoms with Crippen LogP contribution in [0.25, 0.3) is 0 Å². The minimum absolute atomic E-state index is 0.0477. The number of hydrogen-bond acceptors (Lipinski definition) is 7. The molecule has 12 heteroatoms. The van der Waals surface area contributed by atoms with E-state index in [1.54, 1.807) is 65.6 Å². The topological polar surface area (TPSA) is 135 Å². The van der Waals surface area contributed by atoms with Crippen LogP contribution in [-0.2, 0) is 9.59 Å². The molecule has 4 rings (SSSR count). The van der Waals surface area contributed by atoms with Crippen molar-refractivity contribution >= 4 is 52.4 Å². The van der Waals surface area contributed by atoms with Gasteiger partial charge in [-0.3, -0.25) is 9.59 Å². The Hall–Kier alpha value is -4.15. The van der Waals surface area contributed by atoms with Gasteiger partial charge < -0.3 is 34.6 Å². The number of nitrogens with one attached hydrogen (secondary N) is 1. The number of hydrogen-bond donors (Lipinski definition) is 3. The van der Waals surface area contributed by atoms with E-state index >= 15 is 0 Å². The zero-order valence-corrected chi connectivity index (χ0v) is 24.1. The Morgan fingerprint density at radius 2 is 1.57 bits per heavy atom. The molecule has 1 atom stereocenters. The Balaban J connectivity index is 1.30. The van der Waals surface area contributed by atoms with Crippen LogP contribution < -0.4 is 24.4 Å². The van der Waals surface area contributed by atoms with E-state index in [2.05, 4.69) is 5.32 Å². The summed E-state index contributed by atoms with van der Waals surface area (Å²) in [5, 5.41) is 22.3. The molecule has 0 radical (unpaired) electrons. The van der Waals surface area contributed by atoms with Crippen LogP contribution in [0, 0.1) is 0 Å². The zero-order valence-electron chi connectivity index (χ0n) is 22.6. The summed E-state index contributed by atoms with van der Waals surface area (Å²) in [5.74, 6) is -1.21. The van der Waals surface area contributed by atoms with Crippen molar-refractivity contribution in [3.63, 3.8) is 0 Å². The maximum absolute atomic E-state index is 13.0. The summed E-state index contributed by atoms with van der Waals surface area (Å²) in [7, 11) is 0. The fraction of sp³-hybridized carbons (Fsp3) is 0.300. The number of carboxylic acids is 2. The molecule has 1 aliphatic rings. The molecular weight excluding hydrogens is 587 g/mol. The molecule has 0 bridgehead atoms. The molecule has 1 aliphatic heterocycles. The van der Waals surface area contributed by atoms with Crippen molar-refractivity contribution in [3.8, 4) is 17.2 Å². The molecule has 0 saturated heterocycles. The molecule has 10 nitrogen and oxygen atoms in total. The van der Waals surface area contributed by atoms with Crippen molar-refractivity contribution < 1.29 is 38.8 Å². The molecule has 3 N–H and O–H groups in total. The van der Waals surface area contributed by atoms with Crippen LogP contribution in [0.2, 0.25) is 10.0 Å². The van der Waals surface area contributed by atoms with Crippen molar-refractivity contribution in [2.75, 3.05) is 36.5 Å². The second-order valence-electron chi connectivity index (χ2n) is 9.48. The third-order valence-electron chi connectivity index (χ3n) is 6.41. The molecule has 1 amide bonds.